The van der Waals surface area contributed by atoms with Gasteiger partial charge in [-0.15, -0.1) is 5.11 Å². The first-order valence-electron chi connectivity index (χ1n) is 5.73. The fourth-order valence-corrected chi connectivity index (χ4v) is 1.60. The highest BCUT2D eigenvalue weighted by molar-refractivity contribution is 5.58. The molecule has 9 heteroatoms. The van der Waals surface area contributed by atoms with Gasteiger partial charge in [-0.25, -0.2) is 0 Å². The Morgan fingerprint density at radius 2 is 2.00 bits per heavy atom. The first-order valence-corrected chi connectivity index (χ1v) is 5.73. The third kappa shape index (κ3) is 2.00. The summed E-state index contributed by atoms with van der Waals surface area (Å²) in [7, 11) is 0. The van der Waals surface area contributed by atoms with E-state index < -0.39 is 5.56 Å². The summed E-state index contributed by atoms with van der Waals surface area (Å²) in [6, 6.07) is 7.36. The molecule has 9 nitrogen and oxygen atoms in total. The van der Waals surface area contributed by atoms with Crippen LogP contribution in [0.2, 0.25) is 0 Å². The van der Waals surface area contributed by atoms with E-state index in [9.17, 15) is 4.79 Å². The van der Waals surface area contributed by atoms with Gasteiger partial charge in [-0.3, -0.25) is 4.79 Å². The number of hydrogen-bond donors (Lipinski definition) is 2. The van der Waals surface area contributed by atoms with E-state index in [1.54, 1.807) is 12.1 Å². The van der Waals surface area contributed by atoms with E-state index in [2.05, 4.69) is 30.7 Å². The number of aryl methyl sites for hydroxylation is 1. The van der Waals surface area contributed by atoms with Gasteiger partial charge in [-0.05, 0) is 24.3 Å². The topological polar surface area (TPSA) is 127 Å². The molecule has 2 heterocycles. The molecule has 0 spiro atoms. The predicted molar refractivity (Wildman–Crippen MR) is 71.2 cm³/mol. The number of H-pyrrole nitrogens is 1. The zero-order valence-electron chi connectivity index (χ0n) is 10.5. The van der Waals surface area contributed by atoms with Crippen LogP contribution in [0.5, 0.6) is 0 Å². The highest BCUT2D eigenvalue weighted by Gasteiger charge is 2.11. The number of tetrazole rings is 1. The maximum Gasteiger partial charge on any atom is 0.305 e. The molecule has 0 bridgehead atoms. The monoisotopic (exact) mass is 270 g/mol. The van der Waals surface area contributed by atoms with Gasteiger partial charge in [0.15, 0.2) is 11.5 Å². The Hall–Kier alpha value is -3.10. The van der Waals surface area contributed by atoms with Crippen LogP contribution in [-0.4, -0.2) is 25.0 Å². The number of aromatic nitrogens is 5. The summed E-state index contributed by atoms with van der Waals surface area (Å²) >= 11 is 0. The summed E-state index contributed by atoms with van der Waals surface area (Å²) in [4.78, 5) is 16.0. The number of nitrogens with one attached hydrogen (secondary N) is 1. The van der Waals surface area contributed by atoms with E-state index in [1.807, 2.05) is 19.1 Å². The number of rotatable bonds is 2. The van der Waals surface area contributed by atoms with Crippen molar-refractivity contribution in [3.8, 4) is 0 Å². The standard InChI is InChI=1S/C11H10N8O/c1-6-2-4-7(5-3-6)14-15-8-9(12)13-11-16-17-18-19(11)10(8)20/h2-5H,12H2,1H3,(H,13,16,18). The van der Waals surface area contributed by atoms with E-state index >= 15 is 0 Å². The smallest absolute Gasteiger partial charge is 0.305 e. The third-order valence-corrected chi connectivity index (χ3v) is 2.65. The Labute approximate surface area is 112 Å². The summed E-state index contributed by atoms with van der Waals surface area (Å²) < 4.78 is 1.04. The third-order valence-electron chi connectivity index (χ3n) is 2.65. The van der Waals surface area contributed by atoms with E-state index in [0.29, 0.717) is 5.69 Å². The Morgan fingerprint density at radius 1 is 1.25 bits per heavy atom. The fraction of sp³-hybridized carbons (Fsp3) is 0.0909. The first kappa shape index (κ1) is 12.0. The SMILES string of the molecule is Cc1ccc(N=Nc2c(N)nc3nn[nH]n3c2=O)cc1. The number of nitrogens with two attached hydrogens (primary N) is 1. The second-order valence-electron chi connectivity index (χ2n) is 4.12. The lowest BCUT2D eigenvalue weighted by molar-refractivity contribution is 0.800. The molecular weight excluding hydrogens is 260 g/mol. The molecule has 3 rings (SSSR count). The molecule has 0 aliphatic rings. The molecule has 0 aliphatic carbocycles. The van der Waals surface area contributed by atoms with Gasteiger partial charge in [0.05, 0.1) is 5.69 Å². The van der Waals surface area contributed by atoms with Crippen molar-refractivity contribution >= 4 is 23.0 Å². The second kappa shape index (κ2) is 4.53. The average Bonchev–Trinajstić information content (AvgIpc) is 2.89. The maximum atomic E-state index is 12.1. The van der Waals surface area contributed by atoms with E-state index in [-0.39, 0.29) is 17.3 Å². The van der Waals surface area contributed by atoms with Crippen molar-refractivity contribution < 1.29 is 0 Å². The number of nitrogen functional groups attached to an aromatic ring is 1. The molecule has 0 fully saturated rings. The number of hydrogen-bond acceptors (Lipinski definition) is 7. The van der Waals surface area contributed by atoms with Gasteiger partial charge in [-0.2, -0.15) is 19.8 Å². The van der Waals surface area contributed by atoms with Crippen LogP contribution in [0.4, 0.5) is 17.2 Å². The molecule has 3 N–H and O–H groups in total. The minimum absolute atomic E-state index is 0.0419. The van der Waals surface area contributed by atoms with Crippen LogP contribution in [0.1, 0.15) is 5.56 Å². The van der Waals surface area contributed by atoms with Crippen LogP contribution in [0.25, 0.3) is 5.78 Å². The van der Waals surface area contributed by atoms with Crippen molar-refractivity contribution in [3.05, 3.63) is 40.2 Å². The molecule has 0 saturated heterocycles. The van der Waals surface area contributed by atoms with Crippen molar-refractivity contribution in [2.24, 2.45) is 10.2 Å². The Balaban J connectivity index is 2.06. The van der Waals surface area contributed by atoms with Gasteiger partial charge in [-0.1, -0.05) is 22.8 Å². The lowest BCUT2D eigenvalue weighted by Crippen LogP contribution is -2.16. The molecule has 1 aromatic carbocycles. The second-order valence-corrected chi connectivity index (χ2v) is 4.12. The van der Waals surface area contributed by atoms with E-state index in [0.717, 1.165) is 10.1 Å². The van der Waals surface area contributed by atoms with Gasteiger partial charge in [0.2, 0.25) is 0 Å². The number of aromatic amines is 1. The largest absolute Gasteiger partial charge is 0.382 e. The minimum atomic E-state index is -0.506. The number of anilines is 1. The molecule has 0 amide bonds. The van der Waals surface area contributed by atoms with Gasteiger partial charge >= 0.3 is 5.56 Å². The summed E-state index contributed by atoms with van der Waals surface area (Å²) in [5, 5.41) is 17.3. The molecular formula is C11H10N8O. The normalized spacial score (nSPS) is 11.4. The van der Waals surface area contributed by atoms with Crippen molar-refractivity contribution in [1.82, 2.24) is 25.0 Å². The molecule has 0 aliphatic heterocycles. The zero-order valence-corrected chi connectivity index (χ0v) is 10.5. The van der Waals surface area contributed by atoms with Crippen LogP contribution in [0.15, 0.2) is 39.3 Å². The summed E-state index contributed by atoms with van der Waals surface area (Å²) in [6.45, 7) is 1.97. The highest BCUT2D eigenvalue weighted by atomic mass is 16.1. The Kier molecular flexibility index (Phi) is 2.71. The van der Waals surface area contributed by atoms with Gasteiger partial charge in [0, 0.05) is 0 Å². The van der Waals surface area contributed by atoms with Crippen LogP contribution >= 0.6 is 0 Å². The number of benzene rings is 1. The van der Waals surface area contributed by atoms with Crippen molar-refractivity contribution in [1.29, 1.82) is 0 Å². The van der Waals surface area contributed by atoms with Crippen LogP contribution in [-0.2, 0) is 0 Å². The predicted octanol–water partition coefficient (Wildman–Crippen LogP) is 1.12. The minimum Gasteiger partial charge on any atom is -0.382 e. The van der Waals surface area contributed by atoms with Gasteiger partial charge in [0.25, 0.3) is 5.78 Å². The lowest BCUT2D eigenvalue weighted by Gasteiger charge is -1.97. The quantitative estimate of drug-likeness (QED) is 0.674. The fourth-order valence-electron chi connectivity index (χ4n) is 1.60. The van der Waals surface area contributed by atoms with Crippen LogP contribution < -0.4 is 11.3 Å². The molecule has 0 saturated carbocycles. The van der Waals surface area contributed by atoms with E-state index in [1.165, 1.54) is 0 Å². The molecule has 2 aromatic heterocycles. The Bertz CT molecular complexity index is 845. The molecule has 100 valence electrons. The highest BCUT2D eigenvalue weighted by Crippen LogP contribution is 2.19. The summed E-state index contributed by atoms with van der Waals surface area (Å²) in [5.74, 6) is 0.0431. The van der Waals surface area contributed by atoms with Crippen molar-refractivity contribution in [2.45, 2.75) is 6.92 Å². The summed E-state index contributed by atoms with van der Waals surface area (Å²) in [5.41, 5.74) is 6.83. The van der Waals surface area contributed by atoms with Crippen LogP contribution in [0.3, 0.4) is 0 Å². The lowest BCUT2D eigenvalue weighted by atomic mass is 10.2. The van der Waals surface area contributed by atoms with Crippen LogP contribution in [0, 0.1) is 6.92 Å². The molecule has 0 radical (unpaired) electrons. The van der Waals surface area contributed by atoms with Gasteiger partial charge < -0.3 is 5.73 Å². The summed E-state index contributed by atoms with van der Waals surface area (Å²) in [6.07, 6.45) is 0. The molecule has 20 heavy (non-hydrogen) atoms. The Morgan fingerprint density at radius 3 is 2.75 bits per heavy atom. The maximum absolute atomic E-state index is 12.1. The molecule has 3 aromatic rings. The number of fused-ring (bicyclic) bond motifs is 1. The molecule has 0 atom stereocenters. The average molecular weight is 270 g/mol. The van der Waals surface area contributed by atoms with Crippen molar-refractivity contribution in [3.63, 3.8) is 0 Å². The van der Waals surface area contributed by atoms with Gasteiger partial charge in [0.1, 0.15) is 0 Å². The zero-order chi connectivity index (χ0) is 14.1. The van der Waals surface area contributed by atoms with Crippen molar-refractivity contribution in [2.75, 3.05) is 5.73 Å². The number of nitrogens with zero attached hydrogens (tertiary/aromatic N) is 6. The first-order chi connectivity index (χ1) is 9.65. The van der Waals surface area contributed by atoms with E-state index in [4.69, 9.17) is 5.73 Å². The number of azo groups is 1. The molecule has 0 unspecified atom stereocenters.